The van der Waals surface area contributed by atoms with Crippen LogP contribution in [0, 0.1) is 0 Å². The lowest BCUT2D eigenvalue weighted by Gasteiger charge is -2.07. The normalized spacial score (nSPS) is 10.7. The first kappa shape index (κ1) is 15.0. The van der Waals surface area contributed by atoms with Crippen LogP contribution < -0.4 is 0 Å². The Kier molecular flexibility index (Phi) is 4.24. The van der Waals surface area contributed by atoms with Crippen LogP contribution in [0.4, 0.5) is 0 Å². The van der Waals surface area contributed by atoms with Crippen LogP contribution in [0.15, 0.2) is 60.7 Å². The summed E-state index contributed by atoms with van der Waals surface area (Å²) < 4.78 is 1.76. The predicted molar refractivity (Wildman–Crippen MR) is 89.7 cm³/mol. The van der Waals surface area contributed by atoms with E-state index in [0.29, 0.717) is 0 Å². The van der Waals surface area contributed by atoms with Crippen molar-refractivity contribution in [2.45, 2.75) is 19.8 Å². The summed E-state index contributed by atoms with van der Waals surface area (Å²) in [5, 5.41) is 14.0. The number of carbonyl (C=O) groups is 1. The van der Waals surface area contributed by atoms with Gasteiger partial charge in [0.2, 0.25) is 0 Å². The molecule has 3 rings (SSSR count). The molecule has 4 nitrogen and oxygen atoms in total. The summed E-state index contributed by atoms with van der Waals surface area (Å²) in [5.41, 5.74) is 4.46. The van der Waals surface area contributed by atoms with Gasteiger partial charge >= 0.3 is 5.97 Å². The fourth-order valence-electron chi connectivity index (χ4n) is 2.79. The molecule has 3 aromatic rings. The van der Waals surface area contributed by atoms with Crippen molar-refractivity contribution in [2.75, 3.05) is 0 Å². The number of carboxylic acids is 1. The molecule has 1 heterocycles. The fourth-order valence-corrected chi connectivity index (χ4v) is 2.79. The number of aliphatic carboxylic acids is 1. The van der Waals surface area contributed by atoms with E-state index in [1.807, 2.05) is 67.6 Å². The molecule has 1 aromatic heterocycles. The van der Waals surface area contributed by atoms with Crippen molar-refractivity contribution in [2.24, 2.45) is 0 Å². The van der Waals surface area contributed by atoms with Gasteiger partial charge in [0.25, 0.3) is 0 Å². The first-order valence-electron chi connectivity index (χ1n) is 7.64. The number of carboxylic acid groups (broad SMARTS) is 1. The van der Waals surface area contributed by atoms with Crippen LogP contribution in [-0.4, -0.2) is 20.9 Å². The number of nitrogens with zero attached hydrogens (tertiary/aromatic N) is 2. The van der Waals surface area contributed by atoms with E-state index in [-0.39, 0.29) is 6.42 Å². The lowest BCUT2D eigenvalue weighted by Crippen LogP contribution is -2.09. The Balaban J connectivity index is 2.22. The van der Waals surface area contributed by atoms with Crippen molar-refractivity contribution >= 4 is 5.97 Å². The molecule has 0 atom stereocenters. The Morgan fingerprint density at radius 1 is 1.04 bits per heavy atom. The lowest BCUT2D eigenvalue weighted by atomic mass is 10.0. The smallest absolute Gasteiger partial charge is 0.309 e. The molecular weight excluding hydrogens is 288 g/mol. The number of aromatic nitrogens is 2. The van der Waals surface area contributed by atoms with E-state index in [4.69, 9.17) is 5.10 Å². The molecule has 0 saturated carbocycles. The molecule has 4 heteroatoms. The third-order valence-corrected chi connectivity index (χ3v) is 3.81. The van der Waals surface area contributed by atoms with E-state index in [1.165, 1.54) is 0 Å². The van der Waals surface area contributed by atoms with E-state index < -0.39 is 5.97 Å². The largest absolute Gasteiger partial charge is 0.481 e. The molecule has 0 amide bonds. The van der Waals surface area contributed by atoms with E-state index in [0.717, 1.165) is 34.6 Å². The maximum absolute atomic E-state index is 11.3. The monoisotopic (exact) mass is 306 g/mol. The zero-order valence-electron chi connectivity index (χ0n) is 12.9. The fraction of sp³-hybridized carbons (Fsp3) is 0.158. The van der Waals surface area contributed by atoms with Crippen LogP contribution >= 0.6 is 0 Å². The van der Waals surface area contributed by atoms with Gasteiger partial charge in [-0.3, -0.25) is 4.79 Å². The van der Waals surface area contributed by atoms with Gasteiger partial charge in [0.1, 0.15) is 0 Å². The highest BCUT2D eigenvalue weighted by Crippen LogP contribution is 2.28. The van der Waals surface area contributed by atoms with Crippen molar-refractivity contribution in [3.8, 4) is 16.9 Å². The molecular formula is C19H18N2O2. The number of hydrogen-bond donors (Lipinski definition) is 1. The van der Waals surface area contributed by atoms with E-state index in [9.17, 15) is 9.90 Å². The zero-order chi connectivity index (χ0) is 16.2. The van der Waals surface area contributed by atoms with Crippen LogP contribution in [0.2, 0.25) is 0 Å². The van der Waals surface area contributed by atoms with Crippen LogP contribution in [0.5, 0.6) is 0 Å². The Labute approximate surface area is 135 Å². The summed E-state index contributed by atoms with van der Waals surface area (Å²) in [4.78, 5) is 11.3. The van der Waals surface area contributed by atoms with Gasteiger partial charge in [0.15, 0.2) is 0 Å². The summed E-state index contributed by atoms with van der Waals surface area (Å²) in [7, 11) is 0. The predicted octanol–water partition coefficient (Wildman–Crippen LogP) is 3.73. The van der Waals surface area contributed by atoms with Gasteiger partial charge in [-0.2, -0.15) is 5.10 Å². The van der Waals surface area contributed by atoms with Gasteiger partial charge in [-0.15, -0.1) is 0 Å². The second kappa shape index (κ2) is 6.48. The summed E-state index contributed by atoms with van der Waals surface area (Å²) >= 11 is 0. The topological polar surface area (TPSA) is 55.1 Å². The zero-order valence-corrected chi connectivity index (χ0v) is 12.9. The minimum Gasteiger partial charge on any atom is -0.481 e. The minimum atomic E-state index is -0.851. The standard InChI is InChI=1S/C19H18N2O2/c1-2-16-17(13-18(22)23)21(15-11-7-4-8-12-15)20-19(16)14-9-5-3-6-10-14/h3-12H,2,13H2,1H3,(H,22,23). The third-order valence-electron chi connectivity index (χ3n) is 3.81. The van der Waals surface area contributed by atoms with Gasteiger partial charge in [-0.05, 0) is 18.6 Å². The first-order valence-corrected chi connectivity index (χ1v) is 7.64. The van der Waals surface area contributed by atoms with E-state index >= 15 is 0 Å². The van der Waals surface area contributed by atoms with Gasteiger partial charge in [0.05, 0.1) is 23.5 Å². The van der Waals surface area contributed by atoms with Gasteiger partial charge in [-0.1, -0.05) is 55.5 Å². The summed E-state index contributed by atoms with van der Waals surface area (Å²) in [6.45, 7) is 2.03. The summed E-state index contributed by atoms with van der Waals surface area (Å²) in [6.07, 6.45) is 0.692. The SMILES string of the molecule is CCc1c(-c2ccccc2)nn(-c2ccccc2)c1CC(=O)O. The number of rotatable bonds is 5. The molecule has 1 N–H and O–H groups in total. The first-order chi connectivity index (χ1) is 11.2. The molecule has 0 aliphatic carbocycles. The summed E-state index contributed by atoms with van der Waals surface area (Å²) in [5.74, 6) is -0.851. The number of hydrogen-bond acceptors (Lipinski definition) is 2. The molecule has 0 saturated heterocycles. The highest BCUT2D eigenvalue weighted by Gasteiger charge is 2.20. The molecule has 0 radical (unpaired) electrons. The average molecular weight is 306 g/mol. The Morgan fingerprint density at radius 2 is 1.65 bits per heavy atom. The maximum Gasteiger partial charge on any atom is 0.309 e. The molecule has 0 spiro atoms. The average Bonchev–Trinajstić information content (AvgIpc) is 2.94. The second-order valence-corrected chi connectivity index (χ2v) is 5.31. The molecule has 23 heavy (non-hydrogen) atoms. The summed E-state index contributed by atoms with van der Waals surface area (Å²) in [6, 6.07) is 19.6. The maximum atomic E-state index is 11.3. The molecule has 0 bridgehead atoms. The Morgan fingerprint density at radius 3 is 2.22 bits per heavy atom. The molecule has 0 fully saturated rings. The van der Waals surface area contributed by atoms with Crippen LogP contribution in [0.25, 0.3) is 16.9 Å². The lowest BCUT2D eigenvalue weighted by molar-refractivity contribution is -0.136. The number of para-hydroxylation sites is 1. The van der Waals surface area contributed by atoms with Crippen LogP contribution in [-0.2, 0) is 17.6 Å². The van der Waals surface area contributed by atoms with Crippen molar-refractivity contribution in [3.63, 3.8) is 0 Å². The van der Waals surface area contributed by atoms with Crippen LogP contribution in [0.1, 0.15) is 18.2 Å². The van der Waals surface area contributed by atoms with E-state index in [1.54, 1.807) is 4.68 Å². The third kappa shape index (κ3) is 3.01. The van der Waals surface area contributed by atoms with Gasteiger partial charge in [-0.25, -0.2) is 4.68 Å². The van der Waals surface area contributed by atoms with Gasteiger partial charge < -0.3 is 5.11 Å². The van der Waals surface area contributed by atoms with Crippen molar-refractivity contribution in [3.05, 3.63) is 71.9 Å². The van der Waals surface area contributed by atoms with E-state index in [2.05, 4.69) is 0 Å². The molecule has 116 valence electrons. The highest BCUT2D eigenvalue weighted by atomic mass is 16.4. The van der Waals surface area contributed by atoms with Crippen molar-refractivity contribution < 1.29 is 9.90 Å². The second-order valence-electron chi connectivity index (χ2n) is 5.31. The highest BCUT2D eigenvalue weighted by molar-refractivity contribution is 5.73. The molecule has 0 aliphatic rings. The molecule has 0 unspecified atom stereocenters. The van der Waals surface area contributed by atoms with Crippen molar-refractivity contribution in [1.29, 1.82) is 0 Å². The van der Waals surface area contributed by atoms with Crippen LogP contribution in [0.3, 0.4) is 0 Å². The Hall–Kier alpha value is -2.88. The van der Waals surface area contributed by atoms with Crippen molar-refractivity contribution in [1.82, 2.24) is 9.78 Å². The number of benzene rings is 2. The Bertz CT molecular complexity index is 808. The molecule has 2 aromatic carbocycles. The quantitative estimate of drug-likeness (QED) is 0.781. The molecule has 0 aliphatic heterocycles. The van der Waals surface area contributed by atoms with Gasteiger partial charge in [0, 0.05) is 11.1 Å². The minimum absolute atomic E-state index is 0.0437.